The van der Waals surface area contributed by atoms with Gasteiger partial charge in [-0.05, 0) is 37.0 Å². The van der Waals surface area contributed by atoms with Crippen LogP contribution in [0.2, 0.25) is 0 Å². The molecule has 0 radical (unpaired) electrons. The highest BCUT2D eigenvalue weighted by atomic mass is 16.2. The van der Waals surface area contributed by atoms with E-state index < -0.39 is 0 Å². The van der Waals surface area contributed by atoms with E-state index in [1.165, 1.54) is 0 Å². The molecule has 2 aliphatic rings. The maximum absolute atomic E-state index is 12.3. The number of carbonyl (C=O) groups is 2. The molecule has 3 rings (SSSR count). The first-order chi connectivity index (χ1) is 14.1. The van der Waals surface area contributed by atoms with Gasteiger partial charge in [0.25, 0.3) is 0 Å². The zero-order valence-electron chi connectivity index (χ0n) is 17.4. The van der Waals surface area contributed by atoms with E-state index in [0.717, 1.165) is 50.1 Å². The number of nitrogens with one attached hydrogen (secondary N) is 3. The van der Waals surface area contributed by atoms with E-state index in [1.807, 2.05) is 41.0 Å². The number of carbonyl (C=O) groups excluding carboxylic acids is 2. The Morgan fingerprint density at radius 2 is 1.97 bits per heavy atom. The number of urea groups is 1. The Balaban J connectivity index is 1.48. The van der Waals surface area contributed by atoms with Crippen molar-refractivity contribution in [3.05, 3.63) is 29.8 Å². The zero-order valence-corrected chi connectivity index (χ0v) is 17.4. The third-order valence-electron chi connectivity index (χ3n) is 5.44. The Kier molecular flexibility index (Phi) is 7.32. The van der Waals surface area contributed by atoms with Crippen molar-refractivity contribution in [2.24, 2.45) is 4.99 Å². The molecule has 3 amide bonds. The Labute approximate surface area is 172 Å². The van der Waals surface area contributed by atoms with Crippen LogP contribution in [0.15, 0.2) is 29.3 Å². The van der Waals surface area contributed by atoms with Crippen molar-refractivity contribution in [1.82, 2.24) is 20.4 Å². The molecule has 0 saturated carbocycles. The summed E-state index contributed by atoms with van der Waals surface area (Å²) in [5.41, 5.74) is 1.86. The maximum Gasteiger partial charge on any atom is 0.321 e. The molecule has 0 spiro atoms. The van der Waals surface area contributed by atoms with Gasteiger partial charge in [0, 0.05) is 57.9 Å². The summed E-state index contributed by atoms with van der Waals surface area (Å²) < 4.78 is 0. The normalized spacial score (nSPS) is 19.4. The Bertz CT molecular complexity index is 744. The smallest absolute Gasteiger partial charge is 0.321 e. The minimum Gasteiger partial charge on any atom is -0.352 e. The van der Waals surface area contributed by atoms with Gasteiger partial charge in [0.15, 0.2) is 5.96 Å². The highest BCUT2D eigenvalue weighted by Crippen LogP contribution is 2.14. The Morgan fingerprint density at radius 3 is 2.69 bits per heavy atom. The van der Waals surface area contributed by atoms with Gasteiger partial charge in [-0.25, -0.2) is 4.79 Å². The molecule has 1 unspecified atom stereocenters. The van der Waals surface area contributed by atoms with Gasteiger partial charge >= 0.3 is 6.03 Å². The number of likely N-dealkylation sites (tertiary alicyclic amines) is 2. The van der Waals surface area contributed by atoms with Gasteiger partial charge in [0.1, 0.15) is 0 Å². The molecule has 0 bridgehead atoms. The molecule has 1 atom stereocenters. The molecule has 0 aliphatic carbocycles. The average Bonchev–Trinajstić information content (AvgIpc) is 3.43. The van der Waals surface area contributed by atoms with Crippen LogP contribution in [-0.4, -0.2) is 67.0 Å². The molecule has 158 valence electrons. The minimum atomic E-state index is -0.0301. The average molecular weight is 401 g/mol. The van der Waals surface area contributed by atoms with E-state index in [9.17, 15) is 9.59 Å². The lowest BCUT2D eigenvalue weighted by atomic mass is 10.2. The first-order valence-electron chi connectivity index (χ1n) is 10.5. The number of rotatable bonds is 5. The summed E-state index contributed by atoms with van der Waals surface area (Å²) in [5.74, 6) is 0.914. The predicted octanol–water partition coefficient (Wildman–Crippen LogP) is 1.99. The lowest BCUT2D eigenvalue weighted by Crippen LogP contribution is -2.44. The maximum atomic E-state index is 12.3. The van der Waals surface area contributed by atoms with Gasteiger partial charge in [-0.1, -0.05) is 19.1 Å². The van der Waals surface area contributed by atoms with Crippen LogP contribution in [0, 0.1) is 0 Å². The molecule has 2 saturated heterocycles. The number of nitrogens with zero attached hydrogens (tertiary/aromatic N) is 3. The zero-order chi connectivity index (χ0) is 20.6. The highest BCUT2D eigenvalue weighted by Gasteiger charge is 2.25. The molecule has 2 aliphatic heterocycles. The first kappa shape index (κ1) is 21.0. The molecule has 0 aromatic heterocycles. The van der Waals surface area contributed by atoms with Crippen molar-refractivity contribution < 1.29 is 9.59 Å². The summed E-state index contributed by atoms with van der Waals surface area (Å²) in [6, 6.07) is 8.02. The van der Waals surface area contributed by atoms with E-state index in [0.29, 0.717) is 25.5 Å². The Hall–Kier alpha value is -2.77. The number of hydrogen-bond donors (Lipinski definition) is 3. The number of hydrogen-bond acceptors (Lipinski definition) is 3. The van der Waals surface area contributed by atoms with Crippen LogP contribution in [0.3, 0.4) is 0 Å². The SMILES string of the molecule is CCC(=O)N1CCC(NC(=NC)NCc2cccc(NC(=O)N3CCCC3)c2)C1. The second-order valence-corrected chi connectivity index (χ2v) is 7.57. The van der Waals surface area contributed by atoms with Crippen LogP contribution in [0.4, 0.5) is 10.5 Å². The number of anilines is 1. The summed E-state index contributed by atoms with van der Waals surface area (Å²) in [4.78, 5) is 32.2. The van der Waals surface area contributed by atoms with Gasteiger partial charge in [0.05, 0.1) is 0 Å². The molecule has 29 heavy (non-hydrogen) atoms. The summed E-state index contributed by atoms with van der Waals surface area (Å²) >= 11 is 0. The number of amides is 3. The number of guanidine groups is 1. The third kappa shape index (κ3) is 5.85. The molecular weight excluding hydrogens is 368 g/mol. The minimum absolute atomic E-state index is 0.0301. The predicted molar refractivity (Wildman–Crippen MR) is 115 cm³/mol. The van der Waals surface area contributed by atoms with Gasteiger partial charge in [-0.15, -0.1) is 0 Å². The molecule has 8 heteroatoms. The highest BCUT2D eigenvalue weighted by molar-refractivity contribution is 5.89. The third-order valence-corrected chi connectivity index (χ3v) is 5.44. The van der Waals surface area contributed by atoms with Crippen LogP contribution in [0.1, 0.15) is 38.2 Å². The first-order valence-corrected chi connectivity index (χ1v) is 10.5. The molecule has 1 aromatic rings. The molecule has 2 heterocycles. The van der Waals surface area contributed by atoms with Gasteiger partial charge < -0.3 is 25.8 Å². The number of aliphatic imine (C=N–C) groups is 1. The molecule has 3 N–H and O–H groups in total. The van der Waals surface area contributed by atoms with Crippen LogP contribution >= 0.6 is 0 Å². The summed E-state index contributed by atoms with van der Waals surface area (Å²) in [6.07, 6.45) is 3.62. The standard InChI is InChI=1S/C21H32N6O2/c1-3-19(28)27-12-9-18(15-27)24-20(22-2)23-14-16-7-6-8-17(13-16)25-21(29)26-10-4-5-11-26/h6-8,13,18H,3-5,9-12,14-15H2,1-2H3,(H,25,29)(H2,22,23,24). The summed E-state index contributed by atoms with van der Waals surface area (Å²) in [7, 11) is 1.74. The van der Waals surface area contributed by atoms with Crippen molar-refractivity contribution in [1.29, 1.82) is 0 Å². The van der Waals surface area contributed by atoms with Gasteiger partial charge in [-0.2, -0.15) is 0 Å². The van der Waals surface area contributed by atoms with Gasteiger partial charge in [-0.3, -0.25) is 9.79 Å². The van der Waals surface area contributed by atoms with Gasteiger partial charge in [0.2, 0.25) is 5.91 Å². The van der Waals surface area contributed by atoms with E-state index >= 15 is 0 Å². The topological polar surface area (TPSA) is 89.1 Å². The quantitative estimate of drug-likeness (QED) is 0.521. The van der Waals surface area contributed by atoms with E-state index in [4.69, 9.17) is 0 Å². The summed E-state index contributed by atoms with van der Waals surface area (Å²) in [5, 5.41) is 9.70. The second kappa shape index (κ2) is 10.1. The molecule has 2 fully saturated rings. The van der Waals surface area contributed by atoms with E-state index in [2.05, 4.69) is 20.9 Å². The molecule has 8 nitrogen and oxygen atoms in total. The van der Waals surface area contributed by atoms with Crippen molar-refractivity contribution >= 4 is 23.6 Å². The van der Waals surface area contributed by atoms with Crippen molar-refractivity contribution in [3.8, 4) is 0 Å². The van der Waals surface area contributed by atoms with Crippen LogP contribution in [0.25, 0.3) is 0 Å². The van der Waals surface area contributed by atoms with Crippen LogP contribution in [-0.2, 0) is 11.3 Å². The van der Waals surface area contributed by atoms with Crippen molar-refractivity contribution in [3.63, 3.8) is 0 Å². The number of benzene rings is 1. The Morgan fingerprint density at radius 1 is 1.17 bits per heavy atom. The fraction of sp³-hybridized carbons (Fsp3) is 0.571. The lowest BCUT2D eigenvalue weighted by molar-refractivity contribution is -0.129. The second-order valence-electron chi connectivity index (χ2n) is 7.57. The van der Waals surface area contributed by atoms with Crippen LogP contribution < -0.4 is 16.0 Å². The fourth-order valence-corrected chi connectivity index (χ4v) is 3.78. The van der Waals surface area contributed by atoms with Crippen LogP contribution in [0.5, 0.6) is 0 Å². The summed E-state index contributed by atoms with van der Waals surface area (Å²) in [6.45, 7) is 5.66. The largest absolute Gasteiger partial charge is 0.352 e. The molecule has 1 aromatic carbocycles. The lowest BCUT2D eigenvalue weighted by Gasteiger charge is -2.19. The molecular formula is C21H32N6O2. The fourth-order valence-electron chi connectivity index (χ4n) is 3.78. The van der Waals surface area contributed by atoms with E-state index in [1.54, 1.807) is 7.05 Å². The van der Waals surface area contributed by atoms with Crippen molar-refractivity contribution in [2.75, 3.05) is 38.5 Å². The van der Waals surface area contributed by atoms with Crippen molar-refractivity contribution in [2.45, 2.75) is 45.2 Å². The van der Waals surface area contributed by atoms with E-state index in [-0.39, 0.29) is 18.0 Å². The monoisotopic (exact) mass is 400 g/mol.